The van der Waals surface area contributed by atoms with Gasteiger partial charge in [0, 0.05) is 149 Å². The van der Waals surface area contributed by atoms with Gasteiger partial charge in [0.05, 0.1) is 80.4 Å². The molecule has 6 amide bonds. The number of benzene rings is 9. The third-order valence-electron chi connectivity index (χ3n) is 22.4. The van der Waals surface area contributed by atoms with Gasteiger partial charge >= 0.3 is 0 Å². The van der Waals surface area contributed by atoms with Crippen LogP contribution in [0.25, 0.3) is 49.3 Å². The molecule has 6 aromatic heterocycles. The third kappa shape index (κ3) is 17.7. The SMILES string of the molecule is Cc1cccc2c(O)cc3c(c12)[C@H](CCl)CN3C(=O)c1cn2cc(NC(=O)c3ccc(N)cc3)ccc2n1.Cc1cccc2c(O)cc3c(c12)[C@H](CCl)CN3C(=O)c1cn2cc(NC(=O)c3ccc(O)cc3)ccc2n1.Cc1cccc2c(O)cc3c(c12)[C@H](CCl)CN3C(=O)c1cn2cc(NC(=O)c3ccc(OCCOCCOCCOCCO)cc3)ccc2n1. The number of halogens is 3. The van der Waals surface area contributed by atoms with Gasteiger partial charge in [0.25, 0.3) is 35.4 Å². The summed E-state index contributed by atoms with van der Waals surface area (Å²) in [5.41, 5.74) is 19.4. The van der Waals surface area contributed by atoms with Gasteiger partial charge < -0.3 is 94.1 Å². The lowest BCUT2D eigenvalue weighted by atomic mass is 9.92. The van der Waals surface area contributed by atoms with E-state index in [1.807, 2.05) is 75.4 Å². The number of nitrogens with one attached hydrogen (secondary N) is 3. The molecule has 0 saturated carbocycles. The van der Waals surface area contributed by atoms with Gasteiger partial charge in [-0.3, -0.25) is 28.8 Å². The number of phenols is 4. The van der Waals surface area contributed by atoms with Crippen molar-refractivity contribution >= 4 is 159 Å². The van der Waals surface area contributed by atoms with E-state index < -0.39 is 0 Å². The van der Waals surface area contributed by atoms with Crippen LogP contribution < -0.4 is 41.1 Å². The van der Waals surface area contributed by atoms with Crippen LogP contribution in [0.4, 0.5) is 39.8 Å². The normalized spacial score (nSPS) is 14.4. The van der Waals surface area contributed by atoms with E-state index in [2.05, 4.69) is 30.9 Å². The number of aliphatic hydroxyl groups is 1. The molecule has 31 heteroatoms. The first kappa shape index (κ1) is 85.7. The van der Waals surface area contributed by atoms with E-state index in [1.54, 1.807) is 168 Å². The summed E-state index contributed by atoms with van der Waals surface area (Å²) in [5, 5.41) is 64.0. The number of fused-ring (bicyclic) bond motifs is 12. The Bertz CT molecular complexity index is 6470. The smallest absolute Gasteiger partial charge is 0.278 e. The van der Waals surface area contributed by atoms with Gasteiger partial charge in [0.1, 0.15) is 69.4 Å². The second kappa shape index (κ2) is 37.3. The Labute approximate surface area is 736 Å². The lowest BCUT2D eigenvalue weighted by Crippen LogP contribution is -2.30. The Morgan fingerprint density at radius 2 is 0.722 bits per heavy atom. The molecule has 642 valence electrons. The van der Waals surface area contributed by atoms with E-state index in [0.29, 0.717) is 163 Å². The largest absolute Gasteiger partial charge is 0.508 e. The van der Waals surface area contributed by atoms with Crippen molar-refractivity contribution in [1.82, 2.24) is 28.2 Å². The number of imidazole rings is 3. The van der Waals surface area contributed by atoms with E-state index in [1.165, 1.54) is 24.3 Å². The first-order valence-electron chi connectivity index (χ1n) is 40.6. The zero-order valence-corrected chi connectivity index (χ0v) is 70.7. The number of aliphatic hydroxyl groups excluding tert-OH is 1. The topological polar surface area (TPSA) is 364 Å². The Morgan fingerprint density at radius 1 is 0.405 bits per heavy atom. The molecule has 0 aliphatic carbocycles. The highest BCUT2D eigenvalue weighted by molar-refractivity contribution is 6.21. The highest BCUT2D eigenvalue weighted by atomic mass is 35.5. The molecule has 3 aliphatic rings. The summed E-state index contributed by atoms with van der Waals surface area (Å²) in [7, 11) is 0. The number of hydrogen-bond donors (Lipinski definition) is 9. The highest BCUT2D eigenvalue weighted by Gasteiger charge is 2.40. The van der Waals surface area contributed by atoms with Crippen molar-refractivity contribution in [2.45, 2.75) is 38.5 Å². The van der Waals surface area contributed by atoms with Crippen molar-refractivity contribution in [3.8, 4) is 28.7 Å². The molecule has 15 aromatic rings. The van der Waals surface area contributed by atoms with Gasteiger partial charge in [0.15, 0.2) is 0 Å². The number of nitrogens with two attached hydrogens (primary N) is 1. The zero-order chi connectivity index (χ0) is 88.1. The number of carbonyl (C=O) groups excluding carboxylic acids is 6. The van der Waals surface area contributed by atoms with Gasteiger partial charge in [-0.05, 0) is 180 Å². The van der Waals surface area contributed by atoms with Crippen LogP contribution in [-0.4, -0.2) is 179 Å². The van der Waals surface area contributed by atoms with Crippen LogP contribution in [0.1, 0.15) is 114 Å². The van der Waals surface area contributed by atoms with E-state index in [-0.39, 0.29) is 99.9 Å². The van der Waals surface area contributed by atoms with Crippen LogP contribution in [0.15, 0.2) is 219 Å². The number of ether oxygens (including phenoxy) is 4. The van der Waals surface area contributed by atoms with Crippen LogP contribution in [0, 0.1) is 20.8 Å². The molecule has 0 spiro atoms. The first-order valence-corrected chi connectivity index (χ1v) is 42.2. The van der Waals surface area contributed by atoms with E-state index >= 15 is 0 Å². The molecule has 0 radical (unpaired) electrons. The van der Waals surface area contributed by atoms with Gasteiger partial charge in [0.2, 0.25) is 0 Å². The minimum absolute atomic E-state index is 0.00522. The molecular weight excluding hydrogens is 1670 g/mol. The highest BCUT2D eigenvalue weighted by Crippen LogP contribution is 2.50. The number of aromatic nitrogens is 6. The zero-order valence-electron chi connectivity index (χ0n) is 68.5. The van der Waals surface area contributed by atoms with Crippen molar-refractivity contribution in [3.63, 3.8) is 0 Å². The van der Waals surface area contributed by atoms with Gasteiger partial charge in [-0.25, -0.2) is 15.0 Å². The maximum atomic E-state index is 13.8. The molecule has 0 saturated heterocycles. The van der Waals surface area contributed by atoms with Crippen molar-refractivity contribution in [1.29, 1.82) is 0 Å². The molecule has 0 unspecified atom stereocenters. The predicted molar refractivity (Wildman–Crippen MR) is 486 cm³/mol. The van der Waals surface area contributed by atoms with Gasteiger partial charge in [-0.15, -0.1) is 34.8 Å². The molecule has 0 fully saturated rings. The standard InChI is InChI=1S/C37H39ClN4O8.C29H24ClN5O3.C29H23ClN4O4/c1-24-3-2-4-29-32(44)19-31-35(34(24)29)26(20-38)21-42(31)37(46)30-23-41-22-27(7-10-33(41)40-30)39-36(45)25-5-8-28(9-6-25)50-18-17-49-16-15-48-14-13-47-12-11-43;1-16-3-2-4-21-24(36)11-23-27(26(16)21)18(12-30)13-35(23)29(38)22-15-34-14-20(9-10-25(34)33-22)32-28(37)17-5-7-19(31)8-6-17;1-16-3-2-4-21-24(36)11-23-27(26(16)21)18(12-30)13-34(23)29(38)22-15-33-14-19(7-10-25(33)32-22)31-28(37)17-5-8-20(35)9-6-17/h2-10,19,22-23,26,43-44H,11-18,20-21H2,1H3,(H,39,45);2-11,14-15,18,36H,12-13,31H2,1H3,(H,32,37);2-11,14-15,18,35-36H,12-13H2,1H3,(H,31,37)/t26-;2*18-/m111/s1. The van der Waals surface area contributed by atoms with Crippen molar-refractivity contribution in [2.75, 3.05) is 127 Å². The summed E-state index contributed by atoms with van der Waals surface area (Å²) in [6, 6.07) is 51.9. The number of amides is 6. The number of carbonyl (C=O) groups is 6. The molecule has 28 nitrogen and oxygen atoms in total. The summed E-state index contributed by atoms with van der Waals surface area (Å²) in [4.78, 5) is 97.9. The summed E-state index contributed by atoms with van der Waals surface area (Å²) in [6.07, 6.45) is 9.97. The number of anilines is 7. The van der Waals surface area contributed by atoms with Crippen molar-refractivity contribution in [3.05, 3.63) is 286 Å². The third-order valence-corrected chi connectivity index (χ3v) is 23.5. The minimum Gasteiger partial charge on any atom is -0.508 e. The van der Waals surface area contributed by atoms with Crippen molar-refractivity contribution in [2.24, 2.45) is 0 Å². The first-order chi connectivity index (χ1) is 61.0. The average Bonchev–Trinajstić information content (AvgIpc) is 1.58. The summed E-state index contributed by atoms with van der Waals surface area (Å²) >= 11 is 19.1. The fraction of sp³-hybridized carbons (Fsp3) is 0.211. The minimum atomic E-state index is -0.330. The Balaban J connectivity index is 0.000000141. The second-order valence-corrected chi connectivity index (χ2v) is 31.6. The van der Waals surface area contributed by atoms with Crippen LogP contribution in [0.5, 0.6) is 28.7 Å². The molecule has 0 bridgehead atoms. The maximum absolute atomic E-state index is 13.8. The summed E-state index contributed by atoms with van der Waals surface area (Å²) in [6.45, 7) is 9.86. The van der Waals surface area contributed by atoms with E-state index in [9.17, 15) is 49.2 Å². The number of rotatable bonds is 24. The fourth-order valence-electron chi connectivity index (χ4n) is 16.4. The molecule has 9 heterocycles. The second-order valence-electron chi connectivity index (χ2n) is 30.7. The van der Waals surface area contributed by atoms with Crippen LogP contribution >= 0.6 is 34.8 Å². The average molecular weight is 1760 g/mol. The molecule has 9 aromatic carbocycles. The lowest BCUT2D eigenvalue weighted by molar-refractivity contribution is 0.00361. The number of alkyl halides is 3. The molecule has 10 N–H and O–H groups in total. The number of nitrogen functional groups attached to an aromatic ring is 1. The molecule has 18 rings (SSSR count). The number of phenolic OH excluding ortho intramolecular Hbond substituents is 4. The molecule has 126 heavy (non-hydrogen) atoms. The molecular formula is C95H86Cl3N13O15. The molecule has 3 aliphatic heterocycles. The number of aromatic hydroxyl groups is 4. The van der Waals surface area contributed by atoms with E-state index in [4.69, 9.17) is 64.6 Å². The Morgan fingerprint density at radius 3 is 1.06 bits per heavy atom. The number of hydrogen-bond acceptors (Lipinski definition) is 19. The van der Waals surface area contributed by atoms with E-state index in [0.717, 1.165) is 65.7 Å². The lowest BCUT2D eigenvalue weighted by Gasteiger charge is -2.17. The predicted octanol–water partition coefficient (Wildman–Crippen LogP) is 15.9. The number of nitrogens with zero attached hydrogens (tertiary/aromatic N) is 9. The number of aryl methyl sites for hydroxylation is 3. The molecule has 3 atom stereocenters. The van der Waals surface area contributed by atoms with Crippen LogP contribution in [0.2, 0.25) is 0 Å². The quantitative estimate of drug-likeness (QED) is 0.0154. The number of pyridine rings is 3. The summed E-state index contributed by atoms with van der Waals surface area (Å²) in [5.74, 6) is -0.0448. The Hall–Kier alpha value is -13.8. The summed E-state index contributed by atoms with van der Waals surface area (Å²) < 4.78 is 26.7. The van der Waals surface area contributed by atoms with Crippen LogP contribution in [0.3, 0.4) is 0 Å². The van der Waals surface area contributed by atoms with Gasteiger partial charge in [-0.1, -0.05) is 54.6 Å². The van der Waals surface area contributed by atoms with Crippen LogP contribution in [-0.2, 0) is 14.2 Å². The monoisotopic (exact) mass is 1750 g/mol. The fourth-order valence-corrected chi connectivity index (χ4v) is 17.1. The van der Waals surface area contributed by atoms with Gasteiger partial charge in [-0.2, -0.15) is 0 Å². The maximum Gasteiger partial charge on any atom is 0.278 e. The van der Waals surface area contributed by atoms with Crippen molar-refractivity contribution < 1.29 is 73.2 Å². The Kier molecular flexibility index (Phi) is 25.4.